The predicted octanol–water partition coefficient (Wildman–Crippen LogP) is 3.47. The van der Waals surface area contributed by atoms with E-state index in [9.17, 15) is 13.9 Å². The summed E-state index contributed by atoms with van der Waals surface area (Å²) in [7, 11) is 1.85. The van der Waals surface area contributed by atoms with Crippen LogP contribution < -0.4 is 0 Å². The number of rotatable bonds is 4. The zero-order chi connectivity index (χ0) is 14.9. The highest BCUT2D eigenvalue weighted by molar-refractivity contribution is 9.10. The van der Waals surface area contributed by atoms with Gasteiger partial charge in [0.25, 0.3) is 0 Å². The van der Waals surface area contributed by atoms with E-state index in [-0.39, 0.29) is 18.8 Å². The Balaban J connectivity index is 2.02. The monoisotopic (exact) mass is 350 g/mol. The second kappa shape index (κ2) is 6.10. The van der Waals surface area contributed by atoms with Crippen molar-refractivity contribution in [3.05, 3.63) is 15.9 Å². The molecule has 1 aliphatic carbocycles. The molecular weight excluding hydrogens is 330 g/mol. The lowest BCUT2D eigenvalue weighted by atomic mass is 9.82. The third-order valence-corrected chi connectivity index (χ3v) is 5.13. The minimum atomic E-state index is -2.54. The summed E-state index contributed by atoms with van der Waals surface area (Å²) < 4.78 is 29.0. The molecule has 0 spiro atoms. The number of aliphatic hydroxyl groups is 1. The van der Waals surface area contributed by atoms with Gasteiger partial charge in [0.05, 0.1) is 22.0 Å². The third-order valence-electron chi connectivity index (χ3n) is 4.21. The summed E-state index contributed by atoms with van der Waals surface area (Å²) in [5.74, 6) is -2.58. The van der Waals surface area contributed by atoms with E-state index in [4.69, 9.17) is 0 Å². The highest BCUT2D eigenvalue weighted by Crippen LogP contribution is 2.38. The summed E-state index contributed by atoms with van der Waals surface area (Å²) in [6, 6.07) is 0. The molecule has 2 rings (SSSR count). The third kappa shape index (κ3) is 3.39. The number of aryl methyl sites for hydroxylation is 2. The van der Waals surface area contributed by atoms with Crippen LogP contribution in [0, 0.1) is 5.92 Å². The number of nitrogens with zero attached hydrogens (tertiary/aromatic N) is 2. The van der Waals surface area contributed by atoms with Gasteiger partial charge in [0.15, 0.2) is 0 Å². The number of aliphatic hydroxyl groups excluding tert-OH is 1. The van der Waals surface area contributed by atoms with Gasteiger partial charge in [-0.1, -0.05) is 6.92 Å². The van der Waals surface area contributed by atoms with E-state index in [0.717, 1.165) is 22.3 Å². The summed E-state index contributed by atoms with van der Waals surface area (Å²) in [6.07, 6.45) is 1.26. The van der Waals surface area contributed by atoms with Crippen molar-refractivity contribution in [1.82, 2.24) is 9.78 Å². The normalized spacial score (nSPS) is 21.1. The number of aromatic nitrogens is 2. The van der Waals surface area contributed by atoms with E-state index >= 15 is 0 Å². The lowest BCUT2D eigenvalue weighted by Gasteiger charge is -2.31. The van der Waals surface area contributed by atoms with E-state index in [2.05, 4.69) is 21.0 Å². The van der Waals surface area contributed by atoms with Gasteiger partial charge in [-0.15, -0.1) is 0 Å². The van der Waals surface area contributed by atoms with Crippen LogP contribution in [0.25, 0.3) is 0 Å². The number of alkyl halides is 2. The summed E-state index contributed by atoms with van der Waals surface area (Å²) in [6.45, 7) is 2.02. The van der Waals surface area contributed by atoms with Crippen molar-refractivity contribution >= 4 is 15.9 Å². The maximum Gasteiger partial charge on any atom is 0.248 e. The molecule has 1 aromatic heterocycles. The van der Waals surface area contributed by atoms with Crippen LogP contribution in [0.2, 0.25) is 0 Å². The van der Waals surface area contributed by atoms with E-state index in [1.807, 2.05) is 14.0 Å². The Morgan fingerprint density at radius 3 is 2.55 bits per heavy atom. The van der Waals surface area contributed by atoms with Crippen LogP contribution in [0.1, 0.15) is 44.0 Å². The zero-order valence-corrected chi connectivity index (χ0v) is 13.5. The van der Waals surface area contributed by atoms with Crippen molar-refractivity contribution in [2.24, 2.45) is 13.0 Å². The van der Waals surface area contributed by atoms with Crippen LogP contribution in [-0.2, 0) is 19.9 Å². The Morgan fingerprint density at radius 2 is 2.05 bits per heavy atom. The second-order valence-corrected chi connectivity index (χ2v) is 6.44. The van der Waals surface area contributed by atoms with Gasteiger partial charge >= 0.3 is 0 Å². The molecule has 1 fully saturated rings. The number of halogens is 3. The van der Waals surface area contributed by atoms with Gasteiger partial charge < -0.3 is 5.11 Å². The average molecular weight is 351 g/mol. The van der Waals surface area contributed by atoms with Crippen LogP contribution in [0.3, 0.4) is 0 Å². The topological polar surface area (TPSA) is 38.0 Å². The molecule has 0 saturated heterocycles. The molecule has 1 atom stereocenters. The molecule has 6 heteroatoms. The molecular formula is C14H21BrF2N2O. The molecule has 20 heavy (non-hydrogen) atoms. The summed E-state index contributed by atoms with van der Waals surface area (Å²) in [5, 5.41) is 14.7. The van der Waals surface area contributed by atoms with Crippen molar-refractivity contribution in [1.29, 1.82) is 0 Å². The summed E-state index contributed by atoms with van der Waals surface area (Å²) in [4.78, 5) is 0. The van der Waals surface area contributed by atoms with Gasteiger partial charge in [-0.05, 0) is 41.1 Å². The van der Waals surface area contributed by atoms with E-state index in [0.29, 0.717) is 19.3 Å². The molecule has 0 aromatic carbocycles. The fraction of sp³-hybridized carbons (Fsp3) is 0.786. The Bertz CT molecular complexity index is 466. The molecule has 1 unspecified atom stereocenters. The van der Waals surface area contributed by atoms with Crippen molar-refractivity contribution in [2.45, 2.75) is 57.5 Å². The summed E-state index contributed by atoms with van der Waals surface area (Å²) >= 11 is 3.52. The van der Waals surface area contributed by atoms with E-state index in [1.54, 1.807) is 4.68 Å². The maximum atomic E-state index is 13.1. The van der Waals surface area contributed by atoms with Gasteiger partial charge in [0.1, 0.15) is 0 Å². The van der Waals surface area contributed by atoms with Gasteiger partial charge in [0, 0.05) is 26.3 Å². The van der Waals surface area contributed by atoms with Crippen molar-refractivity contribution < 1.29 is 13.9 Å². The van der Waals surface area contributed by atoms with Crippen LogP contribution in [0.15, 0.2) is 4.47 Å². The Kier molecular flexibility index (Phi) is 4.84. The van der Waals surface area contributed by atoms with E-state index in [1.165, 1.54) is 0 Å². The predicted molar refractivity (Wildman–Crippen MR) is 76.9 cm³/mol. The molecule has 1 N–H and O–H groups in total. The first-order valence-corrected chi connectivity index (χ1v) is 7.89. The number of hydrogen-bond acceptors (Lipinski definition) is 2. The van der Waals surface area contributed by atoms with Gasteiger partial charge in [-0.3, -0.25) is 4.68 Å². The Labute approximate surface area is 126 Å². The molecule has 0 amide bonds. The largest absolute Gasteiger partial charge is 0.392 e. The first kappa shape index (κ1) is 15.9. The second-order valence-electron chi connectivity index (χ2n) is 5.65. The number of hydrogen-bond donors (Lipinski definition) is 1. The standard InChI is InChI=1S/C14H21BrF2N2O/c1-3-10-13(15)11(19(2)18-10)8-12(20)9-4-6-14(16,17)7-5-9/h9,12,20H,3-8H2,1-2H3. The molecule has 0 aliphatic heterocycles. The molecule has 114 valence electrons. The van der Waals surface area contributed by atoms with Gasteiger partial charge in [-0.2, -0.15) is 5.10 Å². The first-order valence-electron chi connectivity index (χ1n) is 7.10. The molecule has 0 radical (unpaired) electrons. The molecule has 1 aliphatic rings. The van der Waals surface area contributed by atoms with Crippen molar-refractivity contribution in [2.75, 3.05) is 0 Å². The highest BCUT2D eigenvalue weighted by atomic mass is 79.9. The molecule has 0 bridgehead atoms. The smallest absolute Gasteiger partial charge is 0.248 e. The molecule has 3 nitrogen and oxygen atoms in total. The molecule has 1 heterocycles. The van der Waals surface area contributed by atoms with Crippen molar-refractivity contribution in [3.63, 3.8) is 0 Å². The van der Waals surface area contributed by atoms with Crippen molar-refractivity contribution in [3.8, 4) is 0 Å². The first-order chi connectivity index (χ1) is 9.34. The lowest BCUT2D eigenvalue weighted by Crippen LogP contribution is -2.32. The minimum Gasteiger partial charge on any atom is -0.392 e. The summed E-state index contributed by atoms with van der Waals surface area (Å²) in [5.41, 5.74) is 1.90. The van der Waals surface area contributed by atoms with Crippen LogP contribution >= 0.6 is 15.9 Å². The molecule has 1 saturated carbocycles. The van der Waals surface area contributed by atoms with Gasteiger partial charge in [0.2, 0.25) is 5.92 Å². The Hall–Kier alpha value is -0.490. The SMILES string of the molecule is CCc1nn(C)c(CC(O)C2CCC(F)(F)CC2)c1Br. The van der Waals surface area contributed by atoms with Crippen LogP contribution in [-0.4, -0.2) is 26.9 Å². The molecule has 1 aromatic rings. The quantitative estimate of drug-likeness (QED) is 0.902. The fourth-order valence-corrected chi connectivity index (χ4v) is 3.63. The van der Waals surface area contributed by atoms with Crippen LogP contribution in [0.5, 0.6) is 0 Å². The minimum absolute atomic E-state index is 0.0403. The Morgan fingerprint density at radius 1 is 1.45 bits per heavy atom. The average Bonchev–Trinajstić information content (AvgIpc) is 2.66. The fourth-order valence-electron chi connectivity index (χ4n) is 2.85. The van der Waals surface area contributed by atoms with Gasteiger partial charge in [-0.25, -0.2) is 8.78 Å². The highest BCUT2D eigenvalue weighted by Gasteiger charge is 2.37. The van der Waals surface area contributed by atoms with Crippen LogP contribution in [0.4, 0.5) is 8.78 Å². The lowest BCUT2D eigenvalue weighted by molar-refractivity contribution is -0.0621. The maximum absolute atomic E-state index is 13.1. The van der Waals surface area contributed by atoms with E-state index < -0.39 is 12.0 Å². The zero-order valence-electron chi connectivity index (χ0n) is 11.9.